The predicted molar refractivity (Wildman–Crippen MR) is 92.8 cm³/mol. The number of aromatic nitrogens is 1. The number of rotatable bonds is 6. The second kappa shape index (κ2) is 8.16. The molecule has 1 heterocycles. The zero-order chi connectivity index (χ0) is 15.8. The van der Waals surface area contributed by atoms with Crippen LogP contribution in [0.2, 0.25) is 0 Å². The molecule has 1 saturated carbocycles. The van der Waals surface area contributed by atoms with Crippen LogP contribution in [-0.2, 0) is 6.54 Å². The standard InChI is InChI=1S/C18H30N4/c1-15(2)12-18(9-5-6-10-18)14-22-17(19-3)21-13-16-8-4-7-11-20-16/h4,7-8,11,15H,5-6,9-10,12-14H2,1-3H3,(H2,19,21,22). The summed E-state index contributed by atoms with van der Waals surface area (Å²) < 4.78 is 0. The highest BCUT2D eigenvalue weighted by Crippen LogP contribution is 2.42. The van der Waals surface area contributed by atoms with Crippen molar-refractivity contribution in [3.05, 3.63) is 30.1 Å². The van der Waals surface area contributed by atoms with Gasteiger partial charge in [0, 0.05) is 19.8 Å². The molecule has 1 aliphatic carbocycles. The van der Waals surface area contributed by atoms with Gasteiger partial charge in [0.15, 0.2) is 5.96 Å². The first-order chi connectivity index (χ1) is 10.6. The zero-order valence-corrected chi connectivity index (χ0v) is 14.2. The van der Waals surface area contributed by atoms with Gasteiger partial charge in [-0.1, -0.05) is 32.8 Å². The second-order valence-electron chi connectivity index (χ2n) is 6.91. The first-order valence-corrected chi connectivity index (χ1v) is 8.48. The van der Waals surface area contributed by atoms with E-state index in [9.17, 15) is 0 Å². The van der Waals surface area contributed by atoms with Crippen molar-refractivity contribution in [1.29, 1.82) is 0 Å². The zero-order valence-electron chi connectivity index (χ0n) is 14.2. The van der Waals surface area contributed by atoms with Crippen LogP contribution in [0.4, 0.5) is 0 Å². The van der Waals surface area contributed by atoms with Crippen LogP contribution >= 0.6 is 0 Å². The number of hydrogen-bond donors (Lipinski definition) is 2. The third-order valence-corrected chi connectivity index (χ3v) is 4.52. The molecule has 1 fully saturated rings. The molecular weight excluding hydrogens is 272 g/mol. The lowest BCUT2D eigenvalue weighted by Crippen LogP contribution is -2.43. The molecule has 0 unspecified atom stereocenters. The maximum absolute atomic E-state index is 4.34. The SMILES string of the molecule is CN=C(NCc1ccccn1)NCC1(CC(C)C)CCCC1. The molecule has 0 aromatic carbocycles. The van der Waals surface area contributed by atoms with E-state index >= 15 is 0 Å². The quantitative estimate of drug-likeness (QED) is 0.626. The van der Waals surface area contributed by atoms with E-state index in [2.05, 4.69) is 34.5 Å². The average Bonchev–Trinajstić information content (AvgIpc) is 2.96. The van der Waals surface area contributed by atoms with Crippen LogP contribution in [0, 0.1) is 11.3 Å². The maximum atomic E-state index is 4.34. The summed E-state index contributed by atoms with van der Waals surface area (Å²) in [7, 11) is 1.83. The lowest BCUT2D eigenvalue weighted by atomic mass is 9.78. The van der Waals surface area contributed by atoms with Crippen molar-refractivity contribution in [3.63, 3.8) is 0 Å². The van der Waals surface area contributed by atoms with Crippen molar-refractivity contribution in [3.8, 4) is 0 Å². The van der Waals surface area contributed by atoms with Gasteiger partial charge in [-0.3, -0.25) is 9.98 Å². The summed E-state index contributed by atoms with van der Waals surface area (Å²) in [6.07, 6.45) is 8.55. The lowest BCUT2D eigenvalue weighted by Gasteiger charge is -2.31. The summed E-state index contributed by atoms with van der Waals surface area (Å²) in [5.41, 5.74) is 1.49. The molecule has 0 amide bonds. The fraction of sp³-hybridized carbons (Fsp3) is 0.667. The molecule has 2 N–H and O–H groups in total. The van der Waals surface area contributed by atoms with Gasteiger partial charge in [-0.15, -0.1) is 0 Å². The number of guanidine groups is 1. The molecule has 2 rings (SSSR count). The Kier molecular flexibility index (Phi) is 6.22. The Morgan fingerprint density at radius 1 is 1.27 bits per heavy atom. The number of pyridine rings is 1. The number of aliphatic imine (C=N–C) groups is 1. The van der Waals surface area contributed by atoms with Crippen LogP contribution < -0.4 is 10.6 Å². The largest absolute Gasteiger partial charge is 0.356 e. The van der Waals surface area contributed by atoms with Crippen molar-refractivity contribution in [2.24, 2.45) is 16.3 Å². The minimum absolute atomic E-state index is 0.455. The van der Waals surface area contributed by atoms with E-state index in [1.165, 1.54) is 32.1 Å². The van der Waals surface area contributed by atoms with Gasteiger partial charge in [0.2, 0.25) is 0 Å². The molecule has 22 heavy (non-hydrogen) atoms. The molecule has 0 aliphatic heterocycles. The molecule has 4 heteroatoms. The highest BCUT2D eigenvalue weighted by Gasteiger charge is 2.34. The van der Waals surface area contributed by atoms with E-state index in [1.807, 2.05) is 31.4 Å². The Bertz CT molecular complexity index is 461. The van der Waals surface area contributed by atoms with E-state index in [4.69, 9.17) is 0 Å². The average molecular weight is 302 g/mol. The van der Waals surface area contributed by atoms with E-state index in [-0.39, 0.29) is 0 Å². The molecule has 0 bridgehead atoms. The molecule has 122 valence electrons. The van der Waals surface area contributed by atoms with Crippen molar-refractivity contribution in [2.45, 2.75) is 52.5 Å². The fourth-order valence-corrected chi connectivity index (χ4v) is 3.61. The van der Waals surface area contributed by atoms with E-state index in [1.54, 1.807) is 0 Å². The Morgan fingerprint density at radius 3 is 2.64 bits per heavy atom. The smallest absolute Gasteiger partial charge is 0.191 e. The fourth-order valence-electron chi connectivity index (χ4n) is 3.61. The van der Waals surface area contributed by atoms with Crippen LogP contribution in [0.1, 0.15) is 51.6 Å². The topological polar surface area (TPSA) is 49.3 Å². The molecule has 0 spiro atoms. The third-order valence-electron chi connectivity index (χ3n) is 4.52. The summed E-state index contributed by atoms with van der Waals surface area (Å²) in [6, 6.07) is 5.97. The summed E-state index contributed by atoms with van der Waals surface area (Å²) in [4.78, 5) is 8.67. The van der Waals surface area contributed by atoms with Gasteiger partial charge in [0.1, 0.15) is 0 Å². The number of nitrogens with one attached hydrogen (secondary N) is 2. The first kappa shape index (κ1) is 16.8. The number of nitrogens with zero attached hydrogens (tertiary/aromatic N) is 2. The molecule has 0 radical (unpaired) electrons. The van der Waals surface area contributed by atoms with Crippen LogP contribution in [0.15, 0.2) is 29.4 Å². The summed E-state index contributed by atoms with van der Waals surface area (Å²) in [5, 5.41) is 6.90. The van der Waals surface area contributed by atoms with Crippen LogP contribution in [0.5, 0.6) is 0 Å². The van der Waals surface area contributed by atoms with Gasteiger partial charge in [0.25, 0.3) is 0 Å². The van der Waals surface area contributed by atoms with E-state index in [0.717, 1.165) is 24.1 Å². The van der Waals surface area contributed by atoms with Crippen molar-refractivity contribution < 1.29 is 0 Å². The van der Waals surface area contributed by atoms with Gasteiger partial charge in [0.05, 0.1) is 12.2 Å². The highest BCUT2D eigenvalue weighted by atomic mass is 15.2. The minimum atomic E-state index is 0.455. The van der Waals surface area contributed by atoms with Crippen LogP contribution in [-0.4, -0.2) is 24.5 Å². The Hall–Kier alpha value is -1.58. The molecule has 1 aromatic heterocycles. The van der Waals surface area contributed by atoms with E-state index < -0.39 is 0 Å². The maximum Gasteiger partial charge on any atom is 0.191 e. The van der Waals surface area contributed by atoms with Crippen molar-refractivity contribution >= 4 is 5.96 Å². The van der Waals surface area contributed by atoms with Gasteiger partial charge in [-0.25, -0.2) is 0 Å². The van der Waals surface area contributed by atoms with Gasteiger partial charge in [-0.2, -0.15) is 0 Å². The lowest BCUT2D eigenvalue weighted by molar-refractivity contribution is 0.235. The van der Waals surface area contributed by atoms with Gasteiger partial charge in [-0.05, 0) is 42.7 Å². The molecule has 4 nitrogen and oxygen atoms in total. The van der Waals surface area contributed by atoms with Gasteiger partial charge >= 0.3 is 0 Å². The van der Waals surface area contributed by atoms with E-state index in [0.29, 0.717) is 12.0 Å². The summed E-state index contributed by atoms with van der Waals surface area (Å²) in [5.74, 6) is 1.63. The Balaban J connectivity index is 1.84. The van der Waals surface area contributed by atoms with Crippen molar-refractivity contribution in [1.82, 2.24) is 15.6 Å². The molecule has 0 saturated heterocycles. The highest BCUT2D eigenvalue weighted by molar-refractivity contribution is 5.79. The van der Waals surface area contributed by atoms with Crippen molar-refractivity contribution in [2.75, 3.05) is 13.6 Å². The molecule has 1 aromatic rings. The Morgan fingerprint density at radius 2 is 2.05 bits per heavy atom. The van der Waals surface area contributed by atoms with Gasteiger partial charge < -0.3 is 10.6 Å². The van der Waals surface area contributed by atoms with Crippen LogP contribution in [0.25, 0.3) is 0 Å². The second-order valence-corrected chi connectivity index (χ2v) is 6.91. The monoisotopic (exact) mass is 302 g/mol. The Labute approximate surface area is 134 Å². The molecule has 1 aliphatic rings. The minimum Gasteiger partial charge on any atom is -0.356 e. The van der Waals surface area contributed by atoms with Crippen LogP contribution in [0.3, 0.4) is 0 Å². The summed E-state index contributed by atoms with van der Waals surface area (Å²) in [6.45, 7) is 6.38. The predicted octanol–water partition coefficient (Wildman–Crippen LogP) is 3.35. The molecular formula is C18H30N4. The number of hydrogen-bond acceptors (Lipinski definition) is 2. The molecule has 0 atom stereocenters. The summed E-state index contributed by atoms with van der Waals surface area (Å²) >= 11 is 0. The first-order valence-electron chi connectivity index (χ1n) is 8.48. The third kappa shape index (κ3) is 5.00. The normalized spacial score (nSPS) is 17.7.